The summed E-state index contributed by atoms with van der Waals surface area (Å²) in [5, 5.41) is 3.30. The van der Waals surface area contributed by atoms with E-state index in [1.165, 1.54) is 7.11 Å². The Bertz CT molecular complexity index is 770. The molecule has 3 rings (SSSR count). The van der Waals surface area contributed by atoms with Gasteiger partial charge in [0.15, 0.2) is 0 Å². The molecule has 0 unspecified atom stereocenters. The van der Waals surface area contributed by atoms with Gasteiger partial charge in [-0.15, -0.1) is 0 Å². The molecular formula is C20H30N4O4. The van der Waals surface area contributed by atoms with Gasteiger partial charge in [0.05, 0.1) is 0 Å². The van der Waals surface area contributed by atoms with Crippen molar-refractivity contribution in [2.75, 3.05) is 53.0 Å². The summed E-state index contributed by atoms with van der Waals surface area (Å²) in [6, 6.07) is 2.00. The molecule has 2 fully saturated rings. The van der Waals surface area contributed by atoms with Crippen molar-refractivity contribution in [3.05, 3.63) is 33.7 Å². The number of rotatable bonds is 4. The number of methoxy groups -OCH3 is 1. The fourth-order valence-corrected chi connectivity index (χ4v) is 4.02. The zero-order valence-corrected chi connectivity index (χ0v) is 16.8. The molecule has 1 aromatic heterocycles. The van der Waals surface area contributed by atoms with Crippen LogP contribution in [0.15, 0.2) is 17.1 Å². The molecule has 0 aromatic carbocycles. The topological polar surface area (TPSA) is 83.9 Å². The van der Waals surface area contributed by atoms with Crippen molar-refractivity contribution in [1.29, 1.82) is 0 Å². The Morgan fingerprint density at radius 3 is 2.54 bits per heavy atom. The molecule has 2 aliphatic heterocycles. The molecule has 0 aliphatic carbocycles. The third kappa shape index (κ3) is 4.44. The molecule has 1 N–H and O–H groups in total. The molecule has 0 saturated carbocycles. The van der Waals surface area contributed by atoms with Gasteiger partial charge in [-0.25, -0.2) is 0 Å². The second kappa shape index (κ2) is 9.34. The number of hydrogen-bond acceptors (Lipinski definition) is 5. The first kappa shape index (κ1) is 20.5. The van der Waals surface area contributed by atoms with E-state index in [4.69, 9.17) is 4.74 Å². The number of hydrogen-bond donors (Lipinski definition) is 1. The van der Waals surface area contributed by atoms with Gasteiger partial charge in [0.1, 0.15) is 12.2 Å². The van der Waals surface area contributed by atoms with Crippen molar-refractivity contribution >= 4 is 11.8 Å². The summed E-state index contributed by atoms with van der Waals surface area (Å²) in [5.74, 6) is -0.298. The van der Waals surface area contributed by atoms with Crippen LogP contribution in [0.2, 0.25) is 0 Å². The minimum absolute atomic E-state index is 0.0483. The molecule has 2 aliphatic rings. The molecule has 0 radical (unpaired) electrons. The maximum absolute atomic E-state index is 13.2. The highest BCUT2D eigenvalue weighted by atomic mass is 16.5. The van der Waals surface area contributed by atoms with Crippen LogP contribution in [0.25, 0.3) is 0 Å². The lowest BCUT2D eigenvalue weighted by Crippen LogP contribution is -2.42. The van der Waals surface area contributed by atoms with E-state index in [9.17, 15) is 14.4 Å². The van der Waals surface area contributed by atoms with Crippen molar-refractivity contribution in [3.8, 4) is 0 Å². The first-order chi connectivity index (χ1) is 13.5. The van der Waals surface area contributed by atoms with Crippen molar-refractivity contribution in [1.82, 2.24) is 19.7 Å². The maximum Gasteiger partial charge on any atom is 0.263 e. The van der Waals surface area contributed by atoms with Gasteiger partial charge in [0, 0.05) is 45.5 Å². The zero-order chi connectivity index (χ0) is 20.1. The summed E-state index contributed by atoms with van der Waals surface area (Å²) in [6.07, 6.45) is 4.28. The van der Waals surface area contributed by atoms with Crippen molar-refractivity contribution < 1.29 is 14.3 Å². The molecular weight excluding hydrogens is 360 g/mol. The van der Waals surface area contributed by atoms with E-state index in [-0.39, 0.29) is 35.6 Å². The quantitative estimate of drug-likeness (QED) is 0.805. The van der Waals surface area contributed by atoms with Crippen LogP contribution in [-0.4, -0.2) is 79.2 Å². The molecule has 0 bridgehead atoms. The molecule has 8 nitrogen and oxygen atoms in total. The Kier molecular flexibility index (Phi) is 6.85. The second-order valence-corrected chi connectivity index (χ2v) is 7.53. The average Bonchev–Trinajstić information content (AvgIpc) is 2.95. The number of piperidine rings is 1. The minimum Gasteiger partial charge on any atom is -0.375 e. The highest BCUT2D eigenvalue weighted by Gasteiger charge is 2.27. The molecule has 28 heavy (non-hydrogen) atoms. The van der Waals surface area contributed by atoms with Gasteiger partial charge in [-0.2, -0.15) is 0 Å². The zero-order valence-electron chi connectivity index (χ0n) is 16.8. The Labute approximate surface area is 165 Å². The lowest BCUT2D eigenvalue weighted by Gasteiger charge is -2.26. The largest absolute Gasteiger partial charge is 0.375 e. The molecule has 2 amide bonds. The summed E-state index contributed by atoms with van der Waals surface area (Å²) in [7, 11) is 1.50. The summed E-state index contributed by atoms with van der Waals surface area (Å²) in [6.45, 7) is 5.64. The summed E-state index contributed by atoms with van der Waals surface area (Å²) in [5.41, 5.74) is 0.767. The van der Waals surface area contributed by atoms with Crippen LogP contribution in [0.3, 0.4) is 0 Å². The first-order valence-corrected chi connectivity index (χ1v) is 10.0. The monoisotopic (exact) mass is 390 g/mol. The number of nitrogens with one attached hydrogen (secondary N) is 1. The lowest BCUT2D eigenvalue weighted by molar-refractivity contribution is -0.135. The Balaban J connectivity index is 1.78. The number of carbonyl (C=O) groups excluding carboxylic acids is 2. The third-order valence-corrected chi connectivity index (χ3v) is 5.65. The van der Waals surface area contributed by atoms with E-state index < -0.39 is 0 Å². The molecule has 0 spiro atoms. The van der Waals surface area contributed by atoms with E-state index in [0.717, 1.165) is 25.9 Å². The Morgan fingerprint density at radius 1 is 1.14 bits per heavy atom. The standard InChI is InChI=1S/C20H30N4O4/c1-15-6-11-24(16-4-7-21-8-5-16)20(27)18(15)19(26)23-10-3-9-22(12-13-23)17(25)14-28-2/h6,11,16,21H,3-5,7-10,12-14H2,1-2H3. The SMILES string of the molecule is COCC(=O)N1CCCN(C(=O)c2c(C)ccn(C3CCNCC3)c2=O)CC1. The fraction of sp³-hybridized carbons (Fsp3) is 0.650. The number of nitrogens with zero attached hydrogens (tertiary/aromatic N) is 3. The molecule has 2 saturated heterocycles. The van der Waals surface area contributed by atoms with Gasteiger partial charge in [0.25, 0.3) is 11.5 Å². The van der Waals surface area contributed by atoms with E-state index in [0.29, 0.717) is 38.2 Å². The molecule has 8 heteroatoms. The van der Waals surface area contributed by atoms with Gasteiger partial charge in [0.2, 0.25) is 5.91 Å². The molecule has 3 heterocycles. The summed E-state index contributed by atoms with van der Waals surface area (Å²) in [4.78, 5) is 41.8. The predicted octanol–water partition coefficient (Wildman–Crippen LogP) is 0.402. The average molecular weight is 390 g/mol. The Morgan fingerprint density at radius 2 is 1.82 bits per heavy atom. The molecule has 0 atom stereocenters. The molecule has 154 valence electrons. The normalized spacial score (nSPS) is 18.8. The first-order valence-electron chi connectivity index (χ1n) is 10.0. The fourth-order valence-electron chi connectivity index (χ4n) is 4.02. The predicted molar refractivity (Wildman–Crippen MR) is 106 cm³/mol. The molecule has 1 aromatic rings. The number of carbonyl (C=O) groups is 2. The van der Waals surface area contributed by atoms with Crippen molar-refractivity contribution in [2.45, 2.75) is 32.2 Å². The van der Waals surface area contributed by atoms with Crippen LogP contribution in [-0.2, 0) is 9.53 Å². The van der Waals surface area contributed by atoms with Crippen LogP contribution in [0, 0.1) is 6.92 Å². The highest BCUT2D eigenvalue weighted by molar-refractivity contribution is 5.95. The number of pyridine rings is 1. The summed E-state index contributed by atoms with van der Waals surface area (Å²) >= 11 is 0. The van der Waals surface area contributed by atoms with Gasteiger partial charge >= 0.3 is 0 Å². The van der Waals surface area contributed by atoms with Gasteiger partial charge in [-0.05, 0) is 50.9 Å². The minimum atomic E-state index is -0.230. The smallest absolute Gasteiger partial charge is 0.263 e. The van der Waals surface area contributed by atoms with Crippen LogP contribution in [0.1, 0.15) is 41.2 Å². The van der Waals surface area contributed by atoms with Crippen LogP contribution >= 0.6 is 0 Å². The number of ether oxygens (including phenoxy) is 1. The van der Waals surface area contributed by atoms with Crippen molar-refractivity contribution in [2.24, 2.45) is 0 Å². The summed E-state index contributed by atoms with van der Waals surface area (Å²) < 4.78 is 6.65. The van der Waals surface area contributed by atoms with Gasteiger partial charge in [-0.3, -0.25) is 14.4 Å². The Hall–Kier alpha value is -2.19. The van der Waals surface area contributed by atoms with E-state index in [2.05, 4.69) is 5.32 Å². The third-order valence-electron chi connectivity index (χ3n) is 5.65. The van der Waals surface area contributed by atoms with Crippen LogP contribution in [0.5, 0.6) is 0 Å². The highest BCUT2D eigenvalue weighted by Crippen LogP contribution is 2.18. The van der Waals surface area contributed by atoms with Gasteiger partial charge < -0.3 is 24.4 Å². The van der Waals surface area contributed by atoms with Crippen molar-refractivity contribution in [3.63, 3.8) is 0 Å². The number of aromatic nitrogens is 1. The second-order valence-electron chi connectivity index (χ2n) is 7.53. The van der Waals surface area contributed by atoms with E-state index in [1.54, 1.807) is 14.4 Å². The number of aryl methyl sites for hydroxylation is 1. The number of amides is 2. The van der Waals surface area contributed by atoms with E-state index in [1.807, 2.05) is 19.2 Å². The lowest BCUT2D eigenvalue weighted by atomic mass is 10.0. The maximum atomic E-state index is 13.2. The van der Waals surface area contributed by atoms with Crippen LogP contribution < -0.4 is 10.9 Å². The van der Waals surface area contributed by atoms with Gasteiger partial charge in [-0.1, -0.05) is 0 Å². The van der Waals surface area contributed by atoms with E-state index >= 15 is 0 Å². The van der Waals surface area contributed by atoms with Crippen LogP contribution in [0.4, 0.5) is 0 Å².